The average Bonchev–Trinajstić information content (AvgIpc) is 2.37. The molecule has 0 bridgehead atoms. The topological polar surface area (TPSA) is 66.4 Å². The fourth-order valence-electron chi connectivity index (χ4n) is 2.38. The lowest BCUT2D eigenvalue weighted by Gasteiger charge is -2.28. The monoisotopic (exact) mass is 291 g/mol. The maximum absolute atomic E-state index is 12.5. The van der Waals surface area contributed by atoms with Gasteiger partial charge in [0.2, 0.25) is 0 Å². The number of aliphatic carboxylic acids is 1. The summed E-state index contributed by atoms with van der Waals surface area (Å²) in [6.45, 7) is 9.54. The number of carbonyl (C=O) groups excluding carboxylic acids is 1. The van der Waals surface area contributed by atoms with Crippen LogP contribution < -0.4 is 5.32 Å². The molecule has 0 aliphatic rings. The third-order valence-corrected chi connectivity index (χ3v) is 3.59. The van der Waals surface area contributed by atoms with Crippen LogP contribution in [0.25, 0.3) is 0 Å². The van der Waals surface area contributed by atoms with Crippen molar-refractivity contribution < 1.29 is 14.7 Å². The summed E-state index contributed by atoms with van der Waals surface area (Å²) in [6.07, 6.45) is 1.08. The zero-order valence-corrected chi connectivity index (χ0v) is 13.5. The molecule has 0 spiro atoms. The summed E-state index contributed by atoms with van der Waals surface area (Å²) >= 11 is 0. The first-order chi connectivity index (χ1) is 9.62. The van der Waals surface area contributed by atoms with Crippen molar-refractivity contribution >= 4 is 11.9 Å². The first kappa shape index (κ1) is 17.2. The Morgan fingerprint density at radius 3 is 2.19 bits per heavy atom. The Morgan fingerprint density at radius 1 is 1.14 bits per heavy atom. The van der Waals surface area contributed by atoms with Gasteiger partial charge < -0.3 is 10.4 Å². The van der Waals surface area contributed by atoms with Gasteiger partial charge in [0, 0.05) is 5.56 Å². The van der Waals surface area contributed by atoms with Crippen LogP contribution in [0.1, 0.15) is 63.4 Å². The van der Waals surface area contributed by atoms with Crippen LogP contribution in [0.4, 0.5) is 0 Å². The molecule has 0 aliphatic carbocycles. The summed E-state index contributed by atoms with van der Waals surface area (Å²) in [5.74, 6) is -1.34. The number of carboxylic acid groups (broad SMARTS) is 1. The Hall–Kier alpha value is -1.84. The Kier molecular flexibility index (Phi) is 5.15. The second kappa shape index (κ2) is 6.29. The van der Waals surface area contributed by atoms with Crippen LogP contribution in [-0.2, 0) is 10.2 Å². The van der Waals surface area contributed by atoms with E-state index in [2.05, 4.69) is 5.32 Å². The molecule has 4 nitrogen and oxygen atoms in total. The van der Waals surface area contributed by atoms with Crippen LogP contribution in [0.2, 0.25) is 0 Å². The molecule has 0 aliphatic heterocycles. The summed E-state index contributed by atoms with van der Waals surface area (Å²) in [5.41, 5.74) is 0.0233. The number of benzene rings is 1. The van der Waals surface area contributed by atoms with Crippen molar-refractivity contribution in [1.82, 2.24) is 5.32 Å². The molecule has 0 heterocycles. The lowest BCUT2D eigenvalue weighted by atomic mass is 9.83. The number of amides is 1. The highest BCUT2D eigenvalue weighted by Gasteiger charge is 2.35. The lowest BCUT2D eigenvalue weighted by molar-refractivity contribution is -0.144. The predicted molar refractivity (Wildman–Crippen MR) is 83.6 cm³/mol. The summed E-state index contributed by atoms with van der Waals surface area (Å²) in [6, 6.07) is 7.33. The molecule has 0 saturated heterocycles. The van der Waals surface area contributed by atoms with Gasteiger partial charge in [0.15, 0.2) is 0 Å². The Bertz CT molecular complexity index is 531. The standard InChI is InChI=1S/C17H25NO3/c1-6-11-17(5,15(20)21)18-14(19)12-9-7-8-10-13(12)16(2,3)4/h7-10H,6,11H2,1-5H3,(H,18,19)(H,20,21). The molecule has 1 aromatic carbocycles. The van der Waals surface area contributed by atoms with Gasteiger partial charge in [-0.05, 0) is 30.4 Å². The Labute approximate surface area is 126 Å². The molecule has 4 heteroatoms. The smallest absolute Gasteiger partial charge is 0.329 e. The molecule has 0 fully saturated rings. The molecule has 1 rings (SSSR count). The number of rotatable bonds is 5. The summed E-state index contributed by atoms with van der Waals surface area (Å²) in [7, 11) is 0. The van der Waals surface area contributed by atoms with Gasteiger partial charge in [-0.2, -0.15) is 0 Å². The van der Waals surface area contributed by atoms with E-state index in [0.29, 0.717) is 18.4 Å². The van der Waals surface area contributed by atoms with Crippen molar-refractivity contribution in [2.24, 2.45) is 0 Å². The molecular weight excluding hydrogens is 266 g/mol. The third kappa shape index (κ3) is 4.06. The maximum Gasteiger partial charge on any atom is 0.329 e. The van der Waals surface area contributed by atoms with Crippen molar-refractivity contribution in [2.75, 3.05) is 0 Å². The highest BCUT2D eigenvalue weighted by Crippen LogP contribution is 2.26. The minimum Gasteiger partial charge on any atom is -0.480 e. The van der Waals surface area contributed by atoms with Gasteiger partial charge in [-0.25, -0.2) is 4.79 Å². The largest absolute Gasteiger partial charge is 0.480 e. The van der Waals surface area contributed by atoms with Gasteiger partial charge in [-0.1, -0.05) is 52.3 Å². The predicted octanol–water partition coefficient (Wildman–Crippen LogP) is 3.36. The molecule has 1 unspecified atom stereocenters. The molecule has 0 saturated carbocycles. The van der Waals surface area contributed by atoms with Crippen LogP contribution in [0.3, 0.4) is 0 Å². The number of hydrogen-bond acceptors (Lipinski definition) is 2. The zero-order valence-electron chi connectivity index (χ0n) is 13.5. The van der Waals surface area contributed by atoms with Crippen LogP contribution in [0.15, 0.2) is 24.3 Å². The van der Waals surface area contributed by atoms with Crippen LogP contribution in [0.5, 0.6) is 0 Å². The van der Waals surface area contributed by atoms with Crippen molar-refractivity contribution in [3.05, 3.63) is 35.4 Å². The Balaban J connectivity index is 3.13. The van der Waals surface area contributed by atoms with Crippen LogP contribution in [0, 0.1) is 0 Å². The summed E-state index contributed by atoms with van der Waals surface area (Å²) in [4.78, 5) is 24.0. The minimum atomic E-state index is -1.24. The molecule has 21 heavy (non-hydrogen) atoms. The number of nitrogens with one attached hydrogen (secondary N) is 1. The number of hydrogen-bond donors (Lipinski definition) is 2. The van der Waals surface area contributed by atoms with Gasteiger partial charge in [-0.15, -0.1) is 0 Å². The van der Waals surface area contributed by atoms with E-state index < -0.39 is 11.5 Å². The van der Waals surface area contributed by atoms with E-state index in [1.807, 2.05) is 39.8 Å². The van der Waals surface area contributed by atoms with Crippen LogP contribution >= 0.6 is 0 Å². The van der Waals surface area contributed by atoms with E-state index in [1.165, 1.54) is 0 Å². The van der Waals surface area contributed by atoms with Crippen molar-refractivity contribution in [1.29, 1.82) is 0 Å². The van der Waals surface area contributed by atoms with Crippen molar-refractivity contribution in [3.8, 4) is 0 Å². The average molecular weight is 291 g/mol. The SMILES string of the molecule is CCCC(C)(NC(=O)c1ccccc1C(C)(C)C)C(=O)O. The highest BCUT2D eigenvalue weighted by molar-refractivity contribution is 5.99. The van der Waals surface area contributed by atoms with Gasteiger partial charge in [-0.3, -0.25) is 4.79 Å². The molecule has 0 radical (unpaired) electrons. The van der Waals surface area contributed by atoms with Gasteiger partial charge in [0.1, 0.15) is 5.54 Å². The van der Waals surface area contributed by atoms with E-state index in [-0.39, 0.29) is 11.3 Å². The summed E-state index contributed by atoms with van der Waals surface area (Å²) in [5, 5.41) is 12.1. The van der Waals surface area contributed by atoms with E-state index in [4.69, 9.17) is 0 Å². The second-order valence-corrected chi connectivity index (χ2v) is 6.64. The van der Waals surface area contributed by atoms with E-state index >= 15 is 0 Å². The summed E-state index contributed by atoms with van der Waals surface area (Å²) < 4.78 is 0. The van der Waals surface area contributed by atoms with Crippen molar-refractivity contribution in [3.63, 3.8) is 0 Å². The third-order valence-electron chi connectivity index (χ3n) is 3.59. The normalized spacial score (nSPS) is 14.3. The van der Waals surface area contributed by atoms with Gasteiger partial charge >= 0.3 is 5.97 Å². The highest BCUT2D eigenvalue weighted by atomic mass is 16.4. The molecular formula is C17H25NO3. The first-order valence-corrected chi connectivity index (χ1v) is 7.27. The van der Waals surface area contributed by atoms with Gasteiger partial charge in [0.05, 0.1) is 0 Å². The number of carboxylic acids is 1. The van der Waals surface area contributed by atoms with E-state index in [0.717, 1.165) is 5.56 Å². The van der Waals surface area contributed by atoms with Crippen molar-refractivity contribution in [2.45, 2.75) is 58.4 Å². The minimum absolute atomic E-state index is 0.182. The maximum atomic E-state index is 12.5. The quantitative estimate of drug-likeness (QED) is 0.874. The fraction of sp³-hybridized carbons (Fsp3) is 0.529. The van der Waals surface area contributed by atoms with Gasteiger partial charge in [0.25, 0.3) is 5.91 Å². The molecule has 1 amide bonds. The Morgan fingerprint density at radius 2 is 1.71 bits per heavy atom. The molecule has 1 atom stereocenters. The van der Waals surface area contributed by atoms with E-state index in [9.17, 15) is 14.7 Å². The van der Waals surface area contributed by atoms with E-state index in [1.54, 1.807) is 19.1 Å². The zero-order chi connectivity index (χ0) is 16.3. The fourth-order valence-corrected chi connectivity index (χ4v) is 2.38. The van der Waals surface area contributed by atoms with Crippen LogP contribution in [-0.4, -0.2) is 22.5 Å². The lowest BCUT2D eigenvalue weighted by Crippen LogP contribution is -2.52. The molecule has 0 aromatic heterocycles. The number of carbonyl (C=O) groups is 2. The molecule has 116 valence electrons. The molecule has 1 aromatic rings. The molecule has 2 N–H and O–H groups in total. The first-order valence-electron chi connectivity index (χ1n) is 7.27. The second-order valence-electron chi connectivity index (χ2n) is 6.64.